The molecule has 0 saturated carbocycles. The Hall–Kier alpha value is -1.77. The second-order valence-corrected chi connectivity index (χ2v) is 24.0. The van der Waals surface area contributed by atoms with Gasteiger partial charge in [0.15, 0.2) is 0 Å². The van der Waals surface area contributed by atoms with E-state index in [2.05, 4.69) is 50.4 Å². The van der Waals surface area contributed by atoms with Crippen molar-refractivity contribution in [2.75, 3.05) is 40.9 Å². The summed E-state index contributed by atoms with van der Waals surface area (Å²) in [4.78, 5) is 37.7. The molecule has 0 aromatic carbocycles. The monoisotopic (exact) mass is 1050 g/mol. The molecule has 2 N–H and O–H groups in total. The summed E-state index contributed by atoms with van der Waals surface area (Å²) in [6.45, 7) is 7.02. The predicted molar refractivity (Wildman–Crippen MR) is 314 cm³/mol. The van der Waals surface area contributed by atoms with Gasteiger partial charge < -0.3 is 19.4 Å². The summed E-state index contributed by atoms with van der Waals surface area (Å²) < 4.78 is 30.7. The van der Waals surface area contributed by atoms with E-state index in [0.29, 0.717) is 23.9 Å². The van der Waals surface area contributed by atoms with E-state index in [1.54, 1.807) is 0 Å². The number of ether oxygens (including phenoxy) is 1. The molecule has 0 aliphatic rings. The van der Waals surface area contributed by atoms with E-state index in [9.17, 15) is 19.0 Å². The Morgan fingerprint density at radius 1 is 0.466 bits per heavy atom. The Bertz CT molecular complexity index is 1350. The Labute approximate surface area is 453 Å². The second kappa shape index (κ2) is 53.6. The number of nitrogens with one attached hydrogen (secondary N) is 1. The van der Waals surface area contributed by atoms with Crippen molar-refractivity contribution in [2.24, 2.45) is 0 Å². The third-order valence-corrected chi connectivity index (χ3v) is 15.0. The van der Waals surface area contributed by atoms with E-state index in [1.165, 1.54) is 199 Å². The lowest BCUT2D eigenvalue weighted by molar-refractivity contribution is -0.870. The number of unbranched alkanes of at least 4 members (excludes halogenated alkanes) is 37. The number of quaternary nitrogens is 1. The van der Waals surface area contributed by atoms with Gasteiger partial charge in [0.1, 0.15) is 19.3 Å². The standard InChI is InChI=1S/C63H121N2O7P/c1-7-10-13-16-19-22-25-28-29-30-31-32-33-34-35-38-41-44-47-50-53-56-63(67)72-61(54-51-48-45-42-39-36-26-23-20-17-14-11-8-2)60(59-71-73(68,69)70-58-57-65(4,5)6)64-62(66)55-52-49-46-43-40-37-27-24-21-18-15-12-9-3/h28-29,37,40,51,54,60-61H,7-27,30-36,38-39,41-50,52-53,55-59H2,1-6H3,(H-,64,66,68,69)/p+1/b29-28+,40-37-,54-51-. The van der Waals surface area contributed by atoms with Crippen molar-refractivity contribution in [1.29, 1.82) is 0 Å². The minimum absolute atomic E-state index is 0.0392. The van der Waals surface area contributed by atoms with Crippen molar-refractivity contribution < 1.29 is 37.3 Å². The van der Waals surface area contributed by atoms with Crippen LogP contribution in [0.5, 0.6) is 0 Å². The summed E-state index contributed by atoms with van der Waals surface area (Å²) in [5.41, 5.74) is 0. The molecule has 430 valence electrons. The first kappa shape index (κ1) is 71.2. The van der Waals surface area contributed by atoms with Crippen LogP contribution in [0.2, 0.25) is 0 Å². The zero-order chi connectivity index (χ0) is 53.6. The van der Waals surface area contributed by atoms with Crippen LogP contribution in [0, 0.1) is 0 Å². The van der Waals surface area contributed by atoms with Gasteiger partial charge in [-0.25, -0.2) is 4.57 Å². The minimum Gasteiger partial charge on any atom is -0.456 e. The van der Waals surface area contributed by atoms with Gasteiger partial charge in [0.25, 0.3) is 0 Å². The van der Waals surface area contributed by atoms with E-state index in [0.717, 1.165) is 70.6 Å². The van der Waals surface area contributed by atoms with E-state index < -0.39 is 20.0 Å². The van der Waals surface area contributed by atoms with Crippen LogP contribution in [0.15, 0.2) is 36.5 Å². The first-order chi connectivity index (χ1) is 35.4. The molecule has 0 radical (unpaired) electrons. The van der Waals surface area contributed by atoms with Gasteiger partial charge in [0.2, 0.25) is 5.91 Å². The van der Waals surface area contributed by atoms with E-state index in [4.69, 9.17) is 13.8 Å². The number of phosphoric acid groups is 1. The van der Waals surface area contributed by atoms with E-state index in [-0.39, 0.29) is 25.1 Å². The molecule has 0 aliphatic carbocycles. The lowest BCUT2D eigenvalue weighted by atomic mass is 10.0. The average molecular weight is 1050 g/mol. The number of carbonyl (C=O) groups excluding carboxylic acids is 2. The molecule has 0 aromatic rings. The summed E-state index contributed by atoms with van der Waals surface area (Å²) in [6.07, 6.45) is 64.3. The normalized spacial score (nSPS) is 13.9. The van der Waals surface area contributed by atoms with Gasteiger partial charge in [-0.2, -0.15) is 0 Å². The second-order valence-electron chi connectivity index (χ2n) is 22.6. The van der Waals surface area contributed by atoms with Gasteiger partial charge in [-0.15, -0.1) is 0 Å². The number of phosphoric ester groups is 1. The fourth-order valence-corrected chi connectivity index (χ4v) is 9.90. The molecule has 0 aliphatic heterocycles. The fourth-order valence-electron chi connectivity index (χ4n) is 9.17. The molecule has 0 spiro atoms. The van der Waals surface area contributed by atoms with Crippen LogP contribution in [-0.2, 0) is 27.9 Å². The Morgan fingerprint density at radius 3 is 1.18 bits per heavy atom. The van der Waals surface area contributed by atoms with Crippen LogP contribution in [0.3, 0.4) is 0 Å². The molecule has 0 rings (SSSR count). The highest BCUT2D eigenvalue weighted by Gasteiger charge is 2.30. The zero-order valence-electron chi connectivity index (χ0n) is 49.1. The van der Waals surface area contributed by atoms with E-state index in [1.807, 2.05) is 33.3 Å². The van der Waals surface area contributed by atoms with Gasteiger partial charge in [0, 0.05) is 12.8 Å². The van der Waals surface area contributed by atoms with Crippen molar-refractivity contribution >= 4 is 19.7 Å². The number of carbonyl (C=O) groups is 2. The smallest absolute Gasteiger partial charge is 0.456 e. The van der Waals surface area contributed by atoms with Gasteiger partial charge in [-0.1, -0.05) is 244 Å². The molecule has 3 atom stereocenters. The van der Waals surface area contributed by atoms with Crippen LogP contribution in [0.25, 0.3) is 0 Å². The highest BCUT2D eigenvalue weighted by molar-refractivity contribution is 7.47. The predicted octanol–water partition coefficient (Wildman–Crippen LogP) is 19.1. The van der Waals surface area contributed by atoms with Crippen molar-refractivity contribution in [3.05, 3.63) is 36.5 Å². The molecular weight excluding hydrogens is 928 g/mol. The Kier molecular flexibility index (Phi) is 52.3. The summed E-state index contributed by atoms with van der Waals surface area (Å²) in [6, 6.07) is -0.853. The molecule has 0 bridgehead atoms. The molecule has 9 nitrogen and oxygen atoms in total. The third-order valence-electron chi connectivity index (χ3n) is 14.1. The van der Waals surface area contributed by atoms with E-state index >= 15 is 0 Å². The van der Waals surface area contributed by atoms with Crippen LogP contribution in [0.1, 0.15) is 303 Å². The molecule has 0 saturated heterocycles. The number of allylic oxidation sites excluding steroid dienone is 5. The van der Waals surface area contributed by atoms with Crippen LogP contribution in [-0.4, -0.2) is 74.3 Å². The minimum atomic E-state index is -4.45. The maximum Gasteiger partial charge on any atom is 0.472 e. The molecule has 73 heavy (non-hydrogen) atoms. The highest BCUT2D eigenvalue weighted by atomic mass is 31.2. The lowest BCUT2D eigenvalue weighted by Crippen LogP contribution is -2.47. The summed E-state index contributed by atoms with van der Waals surface area (Å²) in [5.74, 6) is -0.514. The number of likely N-dealkylation sites (N-methyl/N-ethyl adjacent to an activating group) is 1. The van der Waals surface area contributed by atoms with Crippen molar-refractivity contribution in [2.45, 2.75) is 315 Å². The van der Waals surface area contributed by atoms with Crippen LogP contribution < -0.4 is 5.32 Å². The van der Waals surface area contributed by atoms with Gasteiger partial charge >= 0.3 is 13.8 Å². The SMILES string of the molecule is CCCCCCCC/C=C\CCCCCC(=O)NC(COP(=O)(O)OCC[N+](C)(C)C)C(/C=C\CCCCCCCCCCCCC)OC(=O)CCCCCCCCCCCCC/C=C/CCCCCCCC. The number of hydrogen-bond acceptors (Lipinski definition) is 6. The number of esters is 1. The van der Waals surface area contributed by atoms with Crippen molar-refractivity contribution in [3.8, 4) is 0 Å². The summed E-state index contributed by atoms with van der Waals surface area (Å²) >= 11 is 0. The topological polar surface area (TPSA) is 111 Å². The number of nitrogens with zero attached hydrogens (tertiary/aromatic N) is 1. The molecule has 1 amide bonds. The van der Waals surface area contributed by atoms with Crippen LogP contribution >= 0.6 is 7.82 Å². The zero-order valence-corrected chi connectivity index (χ0v) is 50.0. The Morgan fingerprint density at radius 2 is 0.795 bits per heavy atom. The molecule has 3 unspecified atom stereocenters. The average Bonchev–Trinajstić information content (AvgIpc) is 3.35. The lowest BCUT2D eigenvalue weighted by Gasteiger charge is -2.27. The van der Waals surface area contributed by atoms with Crippen molar-refractivity contribution in [1.82, 2.24) is 5.32 Å². The largest absolute Gasteiger partial charge is 0.472 e. The summed E-state index contributed by atoms with van der Waals surface area (Å²) in [7, 11) is 1.50. The summed E-state index contributed by atoms with van der Waals surface area (Å²) in [5, 5.41) is 3.05. The molecule has 10 heteroatoms. The highest BCUT2D eigenvalue weighted by Crippen LogP contribution is 2.43. The Balaban J connectivity index is 5.22. The maximum absolute atomic E-state index is 13.5. The van der Waals surface area contributed by atoms with Gasteiger partial charge in [-0.05, 0) is 83.1 Å². The quantitative estimate of drug-likeness (QED) is 0.0205. The third kappa shape index (κ3) is 54.8. The number of hydrogen-bond donors (Lipinski definition) is 2. The van der Waals surface area contributed by atoms with Gasteiger partial charge in [0.05, 0.1) is 33.8 Å². The first-order valence-electron chi connectivity index (χ1n) is 31.3. The maximum atomic E-state index is 13.5. The number of rotatable bonds is 57. The first-order valence-corrected chi connectivity index (χ1v) is 32.8. The van der Waals surface area contributed by atoms with Crippen molar-refractivity contribution in [3.63, 3.8) is 0 Å². The number of amides is 1. The molecular formula is C63H122N2O7P+. The van der Waals surface area contributed by atoms with Crippen LogP contribution in [0.4, 0.5) is 0 Å². The van der Waals surface area contributed by atoms with Gasteiger partial charge in [-0.3, -0.25) is 18.6 Å². The fraction of sp³-hybridized carbons (Fsp3) is 0.873. The molecule has 0 aromatic heterocycles. The molecule has 0 fully saturated rings. The molecule has 0 heterocycles.